The fourth-order valence-electron chi connectivity index (χ4n) is 3.13. The summed E-state index contributed by atoms with van der Waals surface area (Å²) in [7, 11) is -3.48. The molecule has 0 saturated carbocycles. The van der Waals surface area contributed by atoms with E-state index < -0.39 is 10.0 Å². The van der Waals surface area contributed by atoms with Gasteiger partial charge < -0.3 is 0 Å². The molecule has 0 unspecified atom stereocenters. The van der Waals surface area contributed by atoms with Crippen LogP contribution in [0.3, 0.4) is 0 Å². The van der Waals surface area contributed by atoms with Crippen molar-refractivity contribution in [3.8, 4) is 0 Å². The Balaban J connectivity index is 1.71. The second-order valence-corrected chi connectivity index (χ2v) is 8.79. The van der Waals surface area contributed by atoms with Crippen molar-refractivity contribution in [1.29, 1.82) is 0 Å². The van der Waals surface area contributed by atoms with Gasteiger partial charge in [-0.1, -0.05) is 36.8 Å². The number of hydrogen-bond donors (Lipinski definition) is 1. The number of benzene rings is 2. The molecule has 1 fully saturated rings. The molecule has 1 N–H and O–H groups in total. The second-order valence-electron chi connectivity index (χ2n) is 6.85. The molecule has 0 atom stereocenters. The minimum atomic E-state index is -3.48. The van der Waals surface area contributed by atoms with E-state index in [1.165, 1.54) is 28.6 Å². The Kier molecular flexibility index (Phi) is 6.26. The Hall–Kier alpha value is -2.51. The number of amides is 1. The summed E-state index contributed by atoms with van der Waals surface area (Å²) in [6.07, 6.45) is 2.45. The van der Waals surface area contributed by atoms with E-state index in [1.54, 1.807) is 0 Å². The molecule has 1 aliphatic rings. The Labute approximate surface area is 166 Å². The van der Waals surface area contributed by atoms with E-state index in [2.05, 4.69) is 10.5 Å². The predicted molar refractivity (Wildman–Crippen MR) is 110 cm³/mol. The van der Waals surface area contributed by atoms with Gasteiger partial charge in [0.25, 0.3) is 5.91 Å². The van der Waals surface area contributed by atoms with Gasteiger partial charge in [0, 0.05) is 18.7 Å². The van der Waals surface area contributed by atoms with Gasteiger partial charge in [-0.25, -0.2) is 13.8 Å². The van der Waals surface area contributed by atoms with Crippen LogP contribution in [0.25, 0.3) is 0 Å². The van der Waals surface area contributed by atoms with Crippen molar-refractivity contribution >= 4 is 21.6 Å². The lowest BCUT2D eigenvalue weighted by molar-refractivity contribution is 0.0954. The highest BCUT2D eigenvalue weighted by Gasteiger charge is 2.27. The third-order valence-electron chi connectivity index (χ3n) is 4.83. The molecule has 1 aliphatic heterocycles. The van der Waals surface area contributed by atoms with Gasteiger partial charge in [-0.05, 0) is 56.0 Å². The van der Waals surface area contributed by atoms with Gasteiger partial charge >= 0.3 is 0 Å². The number of sulfonamides is 1. The van der Waals surface area contributed by atoms with E-state index in [9.17, 15) is 13.2 Å². The number of nitrogens with zero attached hydrogens (tertiary/aromatic N) is 2. The maximum absolute atomic E-state index is 12.6. The molecular weight excluding hydrogens is 374 g/mol. The number of nitrogens with one attached hydrogen (secondary N) is 1. The number of carbonyl (C=O) groups is 1. The number of aryl methyl sites for hydroxylation is 1. The second kappa shape index (κ2) is 8.67. The van der Waals surface area contributed by atoms with Crippen LogP contribution in [0.4, 0.5) is 0 Å². The summed E-state index contributed by atoms with van der Waals surface area (Å²) in [4.78, 5) is 12.6. The van der Waals surface area contributed by atoms with E-state index >= 15 is 0 Å². The van der Waals surface area contributed by atoms with Crippen molar-refractivity contribution in [2.24, 2.45) is 5.10 Å². The molecule has 0 aromatic heterocycles. The first-order valence-electron chi connectivity index (χ1n) is 9.46. The quantitative estimate of drug-likeness (QED) is 0.598. The largest absolute Gasteiger partial charge is 0.271 e. The van der Waals surface area contributed by atoms with E-state index in [0.717, 1.165) is 29.7 Å². The molecule has 1 saturated heterocycles. The highest BCUT2D eigenvalue weighted by Crippen LogP contribution is 2.21. The lowest BCUT2D eigenvalue weighted by Crippen LogP contribution is -2.28. The summed E-state index contributed by atoms with van der Waals surface area (Å²) < 4.78 is 26.6. The Bertz CT molecular complexity index is 959. The van der Waals surface area contributed by atoms with Crippen molar-refractivity contribution in [3.63, 3.8) is 0 Å². The van der Waals surface area contributed by atoms with Gasteiger partial charge in [0.2, 0.25) is 10.0 Å². The van der Waals surface area contributed by atoms with Crippen LogP contribution in [-0.2, 0) is 10.0 Å². The van der Waals surface area contributed by atoms with Crippen LogP contribution in [-0.4, -0.2) is 37.4 Å². The molecule has 28 heavy (non-hydrogen) atoms. The molecule has 1 heterocycles. The third kappa shape index (κ3) is 4.48. The zero-order chi connectivity index (χ0) is 20.1. The summed E-state index contributed by atoms with van der Waals surface area (Å²) in [5, 5.41) is 4.24. The summed E-state index contributed by atoms with van der Waals surface area (Å²) >= 11 is 0. The molecule has 0 radical (unpaired) electrons. The molecule has 0 bridgehead atoms. The average molecular weight is 400 g/mol. The van der Waals surface area contributed by atoms with Crippen molar-refractivity contribution in [3.05, 3.63) is 65.2 Å². The van der Waals surface area contributed by atoms with Gasteiger partial charge in [0.1, 0.15) is 0 Å². The lowest BCUT2D eigenvalue weighted by Gasteiger charge is -2.15. The molecule has 2 aromatic rings. The molecule has 3 rings (SSSR count). The molecule has 0 aliphatic carbocycles. The number of carbonyl (C=O) groups excluding carboxylic acids is 1. The van der Waals surface area contributed by atoms with Gasteiger partial charge in [-0.2, -0.15) is 9.41 Å². The van der Waals surface area contributed by atoms with E-state index in [1.807, 2.05) is 38.1 Å². The average Bonchev–Trinajstić information content (AvgIpc) is 3.25. The standard InChI is InChI=1S/C21H25N3O3S/c1-3-20(17-8-6-16(2)7-9-17)22-23-21(25)18-10-12-19(13-11-18)28(26,27)24-14-4-5-15-24/h6-13H,3-5,14-15H2,1-2H3,(H,23,25)/b22-20-. The molecule has 7 heteroatoms. The molecule has 6 nitrogen and oxygen atoms in total. The van der Waals surface area contributed by atoms with Crippen LogP contribution in [0.1, 0.15) is 47.7 Å². The normalized spacial score (nSPS) is 15.6. The maximum atomic E-state index is 12.6. The van der Waals surface area contributed by atoms with Crippen LogP contribution in [0, 0.1) is 6.92 Å². The third-order valence-corrected chi connectivity index (χ3v) is 6.74. The minimum Gasteiger partial charge on any atom is -0.267 e. The highest BCUT2D eigenvalue weighted by molar-refractivity contribution is 7.89. The summed E-state index contributed by atoms with van der Waals surface area (Å²) in [5.74, 6) is -0.372. The van der Waals surface area contributed by atoms with Crippen molar-refractivity contribution in [1.82, 2.24) is 9.73 Å². The molecule has 2 aromatic carbocycles. The maximum Gasteiger partial charge on any atom is 0.271 e. The van der Waals surface area contributed by atoms with Crippen LogP contribution >= 0.6 is 0 Å². The van der Waals surface area contributed by atoms with Gasteiger partial charge in [-0.15, -0.1) is 0 Å². The highest BCUT2D eigenvalue weighted by atomic mass is 32.2. The fourth-order valence-corrected chi connectivity index (χ4v) is 4.65. The van der Waals surface area contributed by atoms with Crippen molar-refractivity contribution < 1.29 is 13.2 Å². The van der Waals surface area contributed by atoms with Crippen LogP contribution in [0.15, 0.2) is 58.5 Å². The van der Waals surface area contributed by atoms with Crippen molar-refractivity contribution in [2.75, 3.05) is 13.1 Å². The molecule has 1 amide bonds. The first-order chi connectivity index (χ1) is 13.4. The zero-order valence-electron chi connectivity index (χ0n) is 16.2. The van der Waals surface area contributed by atoms with Crippen LogP contribution < -0.4 is 5.43 Å². The SMILES string of the molecule is CC/C(=N/NC(=O)c1ccc(S(=O)(=O)N2CCCC2)cc1)c1ccc(C)cc1. The molecule has 148 valence electrons. The smallest absolute Gasteiger partial charge is 0.267 e. The summed E-state index contributed by atoms with van der Waals surface area (Å²) in [6.45, 7) is 5.10. The lowest BCUT2D eigenvalue weighted by atomic mass is 10.1. The number of hydrazone groups is 1. The Morgan fingerprint density at radius 1 is 1.00 bits per heavy atom. The molecule has 0 spiro atoms. The van der Waals surface area contributed by atoms with Gasteiger partial charge in [-0.3, -0.25) is 4.79 Å². The van der Waals surface area contributed by atoms with Gasteiger partial charge in [0.05, 0.1) is 10.6 Å². The molecular formula is C21H25N3O3S. The predicted octanol–water partition coefficient (Wildman–Crippen LogP) is 3.32. The van der Waals surface area contributed by atoms with E-state index in [0.29, 0.717) is 25.1 Å². The first-order valence-corrected chi connectivity index (χ1v) is 10.9. The number of hydrogen-bond acceptors (Lipinski definition) is 4. The van der Waals surface area contributed by atoms with E-state index in [-0.39, 0.29) is 10.8 Å². The minimum absolute atomic E-state index is 0.211. The van der Waals surface area contributed by atoms with Crippen LogP contribution in [0.2, 0.25) is 0 Å². The van der Waals surface area contributed by atoms with Crippen molar-refractivity contribution in [2.45, 2.75) is 38.0 Å². The van der Waals surface area contributed by atoms with Gasteiger partial charge in [0.15, 0.2) is 0 Å². The fraction of sp³-hybridized carbons (Fsp3) is 0.333. The monoisotopic (exact) mass is 399 g/mol. The van der Waals surface area contributed by atoms with Crippen LogP contribution in [0.5, 0.6) is 0 Å². The van der Waals surface area contributed by atoms with E-state index in [4.69, 9.17) is 0 Å². The Morgan fingerprint density at radius 2 is 1.57 bits per heavy atom. The zero-order valence-corrected chi connectivity index (χ0v) is 17.0. The number of rotatable bonds is 6. The first kappa shape index (κ1) is 20.2. The topological polar surface area (TPSA) is 78.8 Å². The Morgan fingerprint density at radius 3 is 2.14 bits per heavy atom. The summed E-state index contributed by atoms with van der Waals surface area (Å²) in [6, 6.07) is 13.9. The summed E-state index contributed by atoms with van der Waals surface area (Å²) in [5.41, 5.74) is 5.83.